The molecule has 0 aliphatic carbocycles. The zero-order chi connectivity index (χ0) is 15.5. The average Bonchev–Trinajstić information content (AvgIpc) is 2.55. The maximum absolute atomic E-state index is 12.6. The first kappa shape index (κ1) is 14.8. The van der Waals surface area contributed by atoms with Crippen LogP contribution in [0.25, 0.3) is 10.8 Å². The van der Waals surface area contributed by atoms with E-state index in [1.807, 2.05) is 30.1 Å². The highest BCUT2D eigenvalue weighted by molar-refractivity contribution is 5.96. The van der Waals surface area contributed by atoms with Crippen LogP contribution in [0.15, 0.2) is 35.1 Å². The number of nitrogens with one attached hydrogen (secondary N) is 2. The number of piperidine rings is 1. The Labute approximate surface area is 129 Å². The fraction of sp³-hybridized carbons (Fsp3) is 0.412. The predicted octanol–water partition coefficient (Wildman–Crippen LogP) is 1.60. The van der Waals surface area contributed by atoms with Crippen LogP contribution in [0.2, 0.25) is 0 Å². The van der Waals surface area contributed by atoms with E-state index in [1.165, 1.54) is 0 Å². The first-order valence-electron chi connectivity index (χ1n) is 7.75. The second-order valence-electron chi connectivity index (χ2n) is 5.89. The summed E-state index contributed by atoms with van der Waals surface area (Å²) in [5, 5.41) is 4.61. The van der Waals surface area contributed by atoms with Crippen LogP contribution in [0.1, 0.15) is 23.3 Å². The van der Waals surface area contributed by atoms with Crippen molar-refractivity contribution in [2.24, 2.45) is 5.92 Å². The number of hydrogen-bond donors (Lipinski definition) is 2. The number of fused-ring (bicyclic) bond motifs is 1. The molecule has 1 amide bonds. The number of aromatic nitrogens is 1. The Morgan fingerprint density at radius 2 is 2.05 bits per heavy atom. The third kappa shape index (κ3) is 2.90. The lowest BCUT2D eigenvalue weighted by atomic mass is 9.96. The lowest BCUT2D eigenvalue weighted by molar-refractivity contribution is 0.0685. The SMILES string of the molecule is CNCC1CCN(C(=O)c2cc3ccccc3c(=O)[nH]2)CC1. The Hall–Kier alpha value is -2.14. The monoisotopic (exact) mass is 299 g/mol. The molecule has 2 heterocycles. The molecule has 0 radical (unpaired) electrons. The van der Waals surface area contributed by atoms with Crippen LogP contribution in [0.3, 0.4) is 0 Å². The second kappa shape index (κ2) is 6.32. The number of rotatable bonds is 3. The average molecular weight is 299 g/mol. The molecule has 0 saturated carbocycles. The molecule has 1 aromatic carbocycles. The zero-order valence-corrected chi connectivity index (χ0v) is 12.8. The number of benzene rings is 1. The highest BCUT2D eigenvalue weighted by atomic mass is 16.2. The van der Waals surface area contributed by atoms with Gasteiger partial charge >= 0.3 is 0 Å². The first-order chi connectivity index (χ1) is 10.7. The third-order valence-electron chi connectivity index (χ3n) is 4.38. The molecular weight excluding hydrogens is 278 g/mol. The summed E-state index contributed by atoms with van der Waals surface area (Å²) in [6, 6.07) is 9.11. The smallest absolute Gasteiger partial charge is 0.270 e. The van der Waals surface area contributed by atoms with Gasteiger partial charge in [-0.2, -0.15) is 0 Å². The third-order valence-corrected chi connectivity index (χ3v) is 4.38. The number of pyridine rings is 1. The van der Waals surface area contributed by atoms with Crippen LogP contribution in [-0.2, 0) is 0 Å². The highest BCUT2D eigenvalue weighted by Gasteiger charge is 2.24. The molecule has 1 aromatic heterocycles. The molecule has 2 N–H and O–H groups in total. The van der Waals surface area contributed by atoms with Crippen LogP contribution >= 0.6 is 0 Å². The van der Waals surface area contributed by atoms with Crippen molar-refractivity contribution in [1.82, 2.24) is 15.2 Å². The minimum Gasteiger partial charge on any atom is -0.337 e. The van der Waals surface area contributed by atoms with Crippen molar-refractivity contribution in [3.63, 3.8) is 0 Å². The number of likely N-dealkylation sites (tertiary alicyclic amines) is 1. The van der Waals surface area contributed by atoms with Crippen LogP contribution in [-0.4, -0.2) is 42.5 Å². The summed E-state index contributed by atoms with van der Waals surface area (Å²) in [6.07, 6.45) is 2.01. The number of H-pyrrole nitrogens is 1. The summed E-state index contributed by atoms with van der Waals surface area (Å²) in [5.74, 6) is 0.551. The maximum atomic E-state index is 12.6. The van der Waals surface area contributed by atoms with E-state index in [-0.39, 0.29) is 11.5 Å². The van der Waals surface area contributed by atoms with Gasteiger partial charge in [-0.25, -0.2) is 0 Å². The van der Waals surface area contributed by atoms with Gasteiger partial charge in [-0.05, 0) is 49.9 Å². The minimum atomic E-state index is -0.202. The number of aromatic amines is 1. The first-order valence-corrected chi connectivity index (χ1v) is 7.75. The van der Waals surface area contributed by atoms with Gasteiger partial charge in [0.2, 0.25) is 0 Å². The largest absolute Gasteiger partial charge is 0.337 e. The molecule has 22 heavy (non-hydrogen) atoms. The summed E-state index contributed by atoms with van der Waals surface area (Å²) in [5.41, 5.74) is 0.183. The van der Waals surface area contributed by atoms with Crippen LogP contribution in [0.4, 0.5) is 0 Å². The Bertz CT molecular complexity index is 730. The number of carbonyl (C=O) groups is 1. The van der Waals surface area contributed by atoms with Gasteiger partial charge in [-0.15, -0.1) is 0 Å². The maximum Gasteiger partial charge on any atom is 0.270 e. The van der Waals surface area contributed by atoms with Crippen molar-refractivity contribution in [2.75, 3.05) is 26.7 Å². The fourth-order valence-corrected chi connectivity index (χ4v) is 3.13. The highest BCUT2D eigenvalue weighted by Crippen LogP contribution is 2.18. The van der Waals surface area contributed by atoms with Gasteiger partial charge in [0, 0.05) is 18.5 Å². The number of hydrogen-bond acceptors (Lipinski definition) is 3. The molecule has 5 nitrogen and oxygen atoms in total. The quantitative estimate of drug-likeness (QED) is 0.905. The Morgan fingerprint density at radius 1 is 1.32 bits per heavy atom. The van der Waals surface area contributed by atoms with Crippen molar-refractivity contribution in [2.45, 2.75) is 12.8 Å². The molecule has 3 rings (SSSR count). The summed E-state index contributed by atoms with van der Waals surface area (Å²) in [7, 11) is 1.96. The Balaban J connectivity index is 1.80. The molecule has 1 saturated heterocycles. The van der Waals surface area contributed by atoms with Gasteiger partial charge < -0.3 is 15.2 Å². The summed E-state index contributed by atoms with van der Waals surface area (Å²) in [6.45, 7) is 2.49. The minimum absolute atomic E-state index is 0.0780. The molecular formula is C17H21N3O2. The standard InChI is InChI=1S/C17H21N3O2/c1-18-11-12-6-8-20(9-7-12)17(22)15-10-13-4-2-3-5-14(13)16(21)19-15/h2-5,10,12,18H,6-9,11H2,1H3,(H,19,21). The van der Waals surface area contributed by atoms with E-state index in [2.05, 4.69) is 10.3 Å². The van der Waals surface area contributed by atoms with Gasteiger partial charge in [-0.1, -0.05) is 18.2 Å². The van der Waals surface area contributed by atoms with E-state index in [9.17, 15) is 9.59 Å². The number of amides is 1. The van der Waals surface area contributed by atoms with Gasteiger partial charge in [0.1, 0.15) is 5.69 Å². The number of nitrogens with zero attached hydrogens (tertiary/aromatic N) is 1. The summed E-state index contributed by atoms with van der Waals surface area (Å²) < 4.78 is 0. The van der Waals surface area contributed by atoms with E-state index >= 15 is 0 Å². The van der Waals surface area contributed by atoms with Crippen molar-refractivity contribution in [3.05, 3.63) is 46.4 Å². The molecule has 0 atom stereocenters. The van der Waals surface area contributed by atoms with E-state index in [0.29, 0.717) is 17.0 Å². The predicted molar refractivity (Wildman–Crippen MR) is 87.1 cm³/mol. The van der Waals surface area contributed by atoms with Crippen molar-refractivity contribution < 1.29 is 4.79 Å². The van der Waals surface area contributed by atoms with Crippen molar-refractivity contribution in [1.29, 1.82) is 0 Å². The summed E-state index contributed by atoms with van der Waals surface area (Å²) >= 11 is 0. The fourth-order valence-electron chi connectivity index (χ4n) is 3.13. The lowest BCUT2D eigenvalue weighted by Crippen LogP contribution is -2.41. The molecule has 1 fully saturated rings. The molecule has 0 unspecified atom stereocenters. The molecule has 1 aliphatic heterocycles. The van der Waals surface area contributed by atoms with Gasteiger partial charge in [0.25, 0.3) is 11.5 Å². The van der Waals surface area contributed by atoms with E-state index in [1.54, 1.807) is 12.1 Å². The molecule has 5 heteroatoms. The van der Waals surface area contributed by atoms with Crippen LogP contribution < -0.4 is 10.9 Å². The number of carbonyl (C=O) groups excluding carboxylic acids is 1. The lowest BCUT2D eigenvalue weighted by Gasteiger charge is -2.31. The van der Waals surface area contributed by atoms with Crippen molar-refractivity contribution >= 4 is 16.7 Å². The Morgan fingerprint density at radius 3 is 2.77 bits per heavy atom. The molecule has 1 aliphatic rings. The van der Waals surface area contributed by atoms with E-state index in [0.717, 1.165) is 37.9 Å². The van der Waals surface area contributed by atoms with Crippen LogP contribution in [0, 0.1) is 5.92 Å². The van der Waals surface area contributed by atoms with Crippen molar-refractivity contribution in [3.8, 4) is 0 Å². The molecule has 0 bridgehead atoms. The van der Waals surface area contributed by atoms with E-state index < -0.39 is 0 Å². The van der Waals surface area contributed by atoms with Gasteiger partial charge in [0.15, 0.2) is 0 Å². The summed E-state index contributed by atoms with van der Waals surface area (Å²) in [4.78, 5) is 29.3. The van der Waals surface area contributed by atoms with Crippen LogP contribution in [0.5, 0.6) is 0 Å². The van der Waals surface area contributed by atoms with Gasteiger partial charge in [0.05, 0.1) is 0 Å². The molecule has 0 spiro atoms. The topological polar surface area (TPSA) is 65.2 Å². The normalized spacial score (nSPS) is 16.1. The zero-order valence-electron chi connectivity index (χ0n) is 12.8. The molecule has 116 valence electrons. The second-order valence-corrected chi connectivity index (χ2v) is 5.89. The molecule has 2 aromatic rings. The van der Waals surface area contributed by atoms with Gasteiger partial charge in [-0.3, -0.25) is 9.59 Å². The van der Waals surface area contributed by atoms with E-state index in [4.69, 9.17) is 0 Å². The Kier molecular flexibility index (Phi) is 4.24.